The molecule has 1 saturated carbocycles. The topological polar surface area (TPSA) is 54.7 Å². The molecule has 1 fully saturated rings. The second-order valence-electron chi connectivity index (χ2n) is 4.36. The molecule has 1 heterocycles. The summed E-state index contributed by atoms with van der Waals surface area (Å²) in [6.07, 6.45) is 9.53. The Bertz CT molecular complexity index is 274. The molecule has 0 amide bonds. The Balaban J connectivity index is 1.76. The van der Waals surface area contributed by atoms with Crippen molar-refractivity contribution in [2.24, 2.45) is 5.92 Å². The zero-order valence-electron chi connectivity index (χ0n) is 8.63. The zero-order chi connectivity index (χ0) is 9.80. The molecule has 1 aromatic heterocycles. The van der Waals surface area contributed by atoms with Gasteiger partial charge in [-0.3, -0.25) is 5.10 Å². The van der Waals surface area contributed by atoms with Crippen molar-refractivity contribution in [3.63, 3.8) is 0 Å². The number of aryl methyl sites for hydroxylation is 1. The van der Waals surface area contributed by atoms with Crippen LogP contribution in [-0.4, -0.2) is 10.2 Å². The minimum atomic E-state index is 0.614. The van der Waals surface area contributed by atoms with Crippen molar-refractivity contribution in [3.05, 3.63) is 11.8 Å². The fourth-order valence-electron chi connectivity index (χ4n) is 2.34. The predicted molar refractivity (Wildman–Crippen MR) is 57.9 cm³/mol. The lowest BCUT2D eigenvalue weighted by molar-refractivity contribution is 0.338. The molecule has 1 aliphatic carbocycles. The van der Waals surface area contributed by atoms with E-state index in [4.69, 9.17) is 5.73 Å². The van der Waals surface area contributed by atoms with Crippen molar-refractivity contribution >= 4 is 5.82 Å². The predicted octanol–water partition coefficient (Wildman–Crippen LogP) is 2.50. The highest BCUT2D eigenvalue weighted by Crippen LogP contribution is 2.27. The fourth-order valence-corrected chi connectivity index (χ4v) is 2.34. The summed E-state index contributed by atoms with van der Waals surface area (Å²) in [6.45, 7) is 0. The number of nitrogen functional groups attached to an aromatic ring is 1. The summed E-state index contributed by atoms with van der Waals surface area (Å²) in [5.74, 6) is 1.55. The largest absolute Gasteiger partial charge is 0.382 e. The normalized spacial score (nSPS) is 18.6. The molecule has 2 rings (SSSR count). The lowest BCUT2D eigenvalue weighted by atomic mass is 9.86. The Kier molecular flexibility index (Phi) is 3.07. The first kappa shape index (κ1) is 9.56. The Labute approximate surface area is 85.1 Å². The molecule has 0 saturated heterocycles. The van der Waals surface area contributed by atoms with Crippen molar-refractivity contribution in [1.82, 2.24) is 10.2 Å². The van der Waals surface area contributed by atoms with E-state index in [2.05, 4.69) is 10.2 Å². The second kappa shape index (κ2) is 4.49. The van der Waals surface area contributed by atoms with Crippen molar-refractivity contribution in [3.8, 4) is 0 Å². The summed E-state index contributed by atoms with van der Waals surface area (Å²) in [7, 11) is 0. The third-order valence-corrected chi connectivity index (χ3v) is 3.20. The van der Waals surface area contributed by atoms with E-state index in [0.29, 0.717) is 5.82 Å². The molecule has 0 bridgehead atoms. The van der Waals surface area contributed by atoms with E-state index in [-0.39, 0.29) is 0 Å². The molecule has 0 radical (unpaired) electrons. The van der Waals surface area contributed by atoms with Crippen LogP contribution in [0.4, 0.5) is 5.82 Å². The number of aromatic amines is 1. The van der Waals surface area contributed by atoms with Gasteiger partial charge in [0.2, 0.25) is 0 Å². The van der Waals surface area contributed by atoms with E-state index in [1.54, 1.807) is 0 Å². The quantitative estimate of drug-likeness (QED) is 0.775. The lowest BCUT2D eigenvalue weighted by Gasteiger charge is -2.20. The molecule has 0 aliphatic heterocycles. The Morgan fingerprint density at radius 1 is 1.36 bits per heavy atom. The molecule has 0 unspecified atom stereocenters. The minimum absolute atomic E-state index is 0.614. The van der Waals surface area contributed by atoms with Gasteiger partial charge in [0.05, 0.1) is 0 Å². The molecule has 0 spiro atoms. The molecule has 3 heteroatoms. The smallest absolute Gasteiger partial charge is 0.145 e. The summed E-state index contributed by atoms with van der Waals surface area (Å²) in [5.41, 5.74) is 6.73. The van der Waals surface area contributed by atoms with E-state index in [0.717, 1.165) is 12.3 Å². The number of nitrogens with zero attached hydrogens (tertiary/aromatic N) is 1. The summed E-state index contributed by atoms with van der Waals surface area (Å²) in [4.78, 5) is 0. The third-order valence-electron chi connectivity index (χ3n) is 3.20. The maximum absolute atomic E-state index is 5.54. The Morgan fingerprint density at radius 2 is 2.14 bits per heavy atom. The van der Waals surface area contributed by atoms with Crippen LogP contribution in [0.2, 0.25) is 0 Å². The second-order valence-corrected chi connectivity index (χ2v) is 4.36. The van der Waals surface area contributed by atoms with Crippen LogP contribution < -0.4 is 5.73 Å². The fraction of sp³-hybridized carbons (Fsp3) is 0.727. The molecule has 14 heavy (non-hydrogen) atoms. The van der Waals surface area contributed by atoms with Crippen LogP contribution >= 0.6 is 0 Å². The summed E-state index contributed by atoms with van der Waals surface area (Å²) in [5, 5.41) is 6.90. The first-order valence-corrected chi connectivity index (χ1v) is 5.64. The summed E-state index contributed by atoms with van der Waals surface area (Å²) in [6, 6.07) is 1.95. The zero-order valence-corrected chi connectivity index (χ0v) is 8.63. The first-order chi connectivity index (χ1) is 6.84. The number of rotatable bonds is 3. The number of aromatic nitrogens is 2. The van der Waals surface area contributed by atoms with Crippen LogP contribution in [0.3, 0.4) is 0 Å². The number of anilines is 1. The van der Waals surface area contributed by atoms with Crippen LogP contribution in [-0.2, 0) is 6.42 Å². The van der Waals surface area contributed by atoms with Crippen molar-refractivity contribution in [2.45, 2.75) is 44.9 Å². The molecule has 0 atom stereocenters. The van der Waals surface area contributed by atoms with E-state index in [1.165, 1.54) is 44.2 Å². The van der Waals surface area contributed by atoms with Gasteiger partial charge in [-0.05, 0) is 18.8 Å². The molecule has 78 valence electrons. The van der Waals surface area contributed by atoms with Crippen LogP contribution in [0.15, 0.2) is 6.07 Å². The molecule has 1 aliphatic rings. The highest BCUT2D eigenvalue weighted by atomic mass is 15.1. The average molecular weight is 193 g/mol. The molecule has 3 nitrogen and oxygen atoms in total. The van der Waals surface area contributed by atoms with E-state index >= 15 is 0 Å². The minimum Gasteiger partial charge on any atom is -0.382 e. The van der Waals surface area contributed by atoms with Crippen molar-refractivity contribution in [1.29, 1.82) is 0 Å². The maximum Gasteiger partial charge on any atom is 0.145 e. The molecule has 3 N–H and O–H groups in total. The Morgan fingerprint density at radius 3 is 2.79 bits per heavy atom. The van der Waals surface area contributed by atoms with Gasteiger partial charge >= 0.3 is 0 Å². The molecular weight excluding hydrogens is 174 g/mol. The van der Waals surface area contributed by atoms with Gasteiger partial charge in [0.15, 0.2) is 0 Å². The van der Waals surface area contributed by atoms with E-state index < -0.39 is 0 Å². The van der Waals surface area contributed by atoms with Crippen LogP contribution in [0.5, 0.6) is 0 Å². The third kappa shape index (κ3) is 2.50. The van der Waals surface area contributed by atoms with Gasteiger partial charge in [0, 0.05) is 11.8 Å². The Hall–Kier alpha value is -0.990. The maximum atomic E-state index is 5.54. The standard InChI is InChI=1S/C11H19N3/c12-11-8-10(13-14-11)7-6-9-4-2-1-3-5-9/h8-9H,1-7H2,(H3,12,13,14). The van der Waals surface area contributed by atoms with Crippen LogP contribution in [0.25, 0.3) is 0 Å². The van der Waals surface area contributed by atoms with Gasteiger partial charge in [0.25, 0.3) is 0 Å². The van der Waals surface area contributed by atoms with Gasteiger partial charge in [0.1, 0.15) is 5.82 Å². The first-order valence-electron chi connectivity index (χ1n) is 5.64. The monoisotopic (exact) mass is 193 g/mol. The molecule has 1 aromatic rings. The SMILES string of the molecule is Nc1cc(CCC2CCCCC2)[nH]n1. The van der Waals surface area contributed by atoms with Gasteiger partial charge in [-0.25, -0.2) is 0 Å². The number of nitrogens with one attached hydrogen (secondary N) is 1. The lowest BCUT2D eigenvalue weighted by Crippen LogP contribution is -2.07. The highest BCUT2D eigenvalue weighted by Gasteiger charge is 2.13. The van der Waals surface area contributed by atoms with Crippen molar-refractivity contribution in [2.75, 3.05) is 5.73 Å². The van der Waals surface area contributed by atoms with Gasteiger partial charge in [-0.1, -0.05) is 32.1 Å². The van der Waals surface area contributed by atoms with Crippen molar-refractivity contribution < 1.29 is 0 Å². The van der Waals surface area contributed by atoms with Gasteiger partial charge in [-0.15, -0.1) is 0 Å². The van der Waals surface area contributed by atoms with E-state index in [1.807, 2.05) is 6.07 Å². The number of hydrogen-bond acceptors (Lipinski definition) is 2. The summed E-state index contributed by atoms with van der Waals surface area (Å²) >= 11 is 0. The van der Waals surface area contributed by atoms with Crippen LogP contribution in [0, 0.1) is 5.92 Å². The highest BCUT2D eigenvalue weighted by molar-refractivity contribution is 5.28. The van der Waals surface area contributed by atoms with Crippen LogP contribution in [0.1, 0.15) is 44.2 Å². The molecular formula is C11H19N3. The number of nitrogens with two attached hydrogens (primary N) is 1. The van der Waals surface area contributed by atoms with Gasteiger partial charge < -0.3 is 5.73 Å². The van der Waals surface area contributed by atoms with Gasteiger partial charge in [-0.2, -0.15) is 5.10 Å². The van der Waals surface area contributed by atoms with E-state index in [9.17, 15) is 0 Å². The molecule has 0 aromatic carbocycles. The summed E-state index contributed by atoms with van der Waals surface area (Å²) < 4.78 is 0. The number of H-pyrrole nitrogens is 1. The average Bonchev–Trinajstić information content (AvgIpc) is 2.63. The number of hydrogen-bond donors (Lipinski definition) is 2.